The molecule has 0 aromatic carbocycles. The molecule has 28 heavy (non-hydrogen) atoms. The zero-order valence-corrected chi connectivity index (χ0v) is 18.9. The Balaban J connectivity index is 4.21. The molecule has 0 fully saturated rings. The molecule has 0 heterocycles. The summed E-state index contributed by atoms with van der Waals surface area (Å²) in [4.78, 5) is 24.6. The first-order chi connectivity index (χ1) is 13.7. The molecule has 0 aliphatic carbocycles. The quantitative estimate of drug-likeness (QED) is 0.211. The highest BCUT2D eigenvalue weighted by molar-refractivity contribution is 5.87. The number of allylic oxidation sites excluding steroid dienone is 1. The zero-order valence-electron chi connectivity index (χ0n) is 18.9. The normalized spacial score (nSPS) is 12.2. The number of nitrogens with one attached hydrogen (secondary N) is 2. The van der Waals surface area contributed by atoms with Crippen LogP contribution < -0.4 is 10.6 Å². The van der Waals surface area contributed by atoms with Gasteiger partial charge in [0.15, 0.2) is 0 Å². The van der Waals surface area contributed by atoms with Gasteiger partial charge in [-0.1, -0.05) is 90.7 Å². The number of hydrogen-bond acceptors (Lipinski definition) is 2. The standard InChI is InChI=1S/C24H46N2O2/c1-4-7-10-11-12-13-14-15-16-17-18-22(24(28)26-20-9-6-3)21-23(27)25-19-8-5-2/h17-18,22H,4-16,19-21H2,1-3H3,(H,25,27)(H,26,28)/b18-17+. The highest BCUT2D eigenvalue weighted by Gasteiger charge is 2.18. The molecule has 1 unspecified atom stereocenters. The van der Waals surface area contributed by atoms with Crippen LogP contribution in [0.5, 0.6) is 0 Å². The molecule has 164 valence electrons. The molecule has 2 N–H and O–H groups in total. The summed E-state index contributed by atoms with van der Waals surface area (Å²) in [5.74, 6) is -0.403. The van der Waals surface area contributed by atoms with E-state index in [0.29, 0.717) is 13.1 Å². The second-order valence-electron chi connectivity index (χ2n) is 7.85. The Morgan fingerprint density at radius 1 is 0.714 bits per heavy atom. The van der Waals surface area contributed by atoms with E-state index in [-0.39, 0.29) is 24.2 Å². The average molecular weight is 395 g/mol. The molecule has 4 heteroatoms. The van der Waals surface area contributed by atoms with Crippen LogP contribution in [-0.4, -0.2) is 24.9 Å². The Bertz CT molecular complexity index is 407. The van der Waals surface area contributed by atoms with E-state index in [2.05, 4.69) is 37.5 Å². The van der Waals surface area contributed by atoms with Crippen LogP contribution in [0.15, 0.2) is 12.2 Å². The maximum absolute atomic E-state index is 12.4. The van der Waals surface area contributed by atoms with Crippen molar-refractivity contribution < 1.29 is 9.59 Å². The molecule has 0 aromatic rings. The van der Waals surface area contributed by atoms with Crippen molar-refractivity contribution in [2.75, 3.05) is 13.1 Å². The minimum Gasteiger partial charge on any atom is -0.356 e. The fourth-order valence-corrected chi connectivity index (χ4v) is 3.10. The molecule has 0 rings (SSSR count). The predicted molar refractivity (Wildman–Crippen MR) is 120 cm³/mol. The molecule has 0 radical (unpaired) electrons. The van der Waals surface area contributed by atoms with Crippen LogP contribution >= 0.6 is 0 Å². The summed E-state index contributed by atoms with van der Waals surface area (Å²) >= 11 is 0. The van der Waals surface area contributed by atoms with Gasteiger partial charge in [-0.25, -0.2) is 0 Å². The minimum absolute atomic E-state index is 0.0220. The van der Waals surface area contributed by atoms with Crippen LogP contribution in [0, 0.1) is 5.92 Å². The van der Waals surface area contributed by atoms with Gasteiger partial charge in [-0.2, -0.15) is 0 Å². The number of amides is 2. The van der Waals surface area contributed by atoms with Gasteiger partial charge in [-0.15, -0.1) is 0 Å². The van der Waals surface area contributed by atoms with Gasteiger partial charge >= 0.3 is 0 Å². The van der Waals surface area contributed by atoms with Crippen LogP contribution in [0.2, 0.25) is 0 Å². The molecule has 0 aliphatic rings. The third kappa shape index (κ3) is 16.8. The molecular weight excluding hydrogens is 348 g/mol. The van der Waals surface area contributed by atoms with Gasteiger partial charge in [0.05, 0.1) is 5.92 Å². The van der Waals surface area contributed by atoms with Crippen molar-refractivity contribution in [2.45, 2.75) is 111 Å². The van der Waals surface area contributed by atoms with Crippen molar-refractivity contribution in [3.63, 3.8) is 0 Å². The molecule has 4 nitrogen and oxygen atoms in total. The smallest absolute Gasteiger partial charge is 0.227 e. The average Bonchev–Trinajstić information content (AvgIpc) is 2.68. The fourth-order valence-electron chi connectivity index (χ4n) is 3.10. The first-order valence-corrected chi connectivity index (χ1v) is 11.9. The summed E-state index contributed by atoms with van der Waals surface area (Å²) in [7, 11) is 0. The largest absolute Gasteiger partial charge is 0.356 e. The Labute approximate surface area is 174 Å². The Morgan fingerprint density at radius 3 is 1.86 bits per heavy atom. The van der Waals surface area contributed by atoms with Gasteiger partial charge in [0, 0.05) is 19.5 Å². The molecule has 2 amide bonds. The van der Waals surface area contributed by atoms with Gasteiger partial charge < -0.3 is 10.6 Å². The first-order valence-electron chi connectivity index (χ1n) is 11.9. The van der Waals surface area contributed by atoms with E-state index in [1.165, 1.54) is 44.9 Å². The van der Waals surface area contributed by atoms with E-state index in [1.54, 1.807) is 0 Å². The van der Waals surface area contributed by atoms with Gasteiger partial charge in [-0.3, -0.25) is 9.59 Å². The number of rotatable bonds is 19. The molecule has 1 atom stereocenters. The molecule has 0 saturated carbocycles. The molecular formula is C24H46N2O2. The van der Waals surface area contributed by atoms with Crippen LogP contribution in [0.25, 0.3) is 0 Å². The predicted octanol–water partition coefficient (Wildman–Crippen LogP) is 5.91. The van der Waals surface area contributed by atoms with Crippen molar-refractivity contribution in [1.82, 2.24) is 10.6 Å². The summed E-state index contributed by atoms with van der Waals surface area (Å²) in [6.07, 6.45) is 19.8. The van der Waals surface area contributed by atoms with Crippen LogP contribution in [0.1, 0.15) is 111 Å². The third-order valence-electron chi connectivity index (χ3n) is 5.02. The highest BCUT2D eigenvalue weighted by atomic mass is 16.2. The van der Waals surface area contributed by atoms with Gasteiger partial charge in [0.1, 0.15) is 0 Å². The second-order valence-corrected chi connectivity index (χ2v) is 7.85. The monoisotopic (exact) mass is 394 g/mol. The lowest BCUT2D eigenvalue weighted by Gasteiger charge is -2.13. The number of unbranched alkanes of at least 4 members (excludes halogenated alkanes) is 10. The minimum atomic E-state index is -0.354. The number of carbonyl (C=O) groups is 2. The topological polar surface area (TPSA) is 58.2 Å². The van der Waals surface area contributed by atoms with Crippen LogP contribution in [-0.2, 0) is 9.59 Å². The van der Waals surface area contributed by atoms with Crippen LogP contribution in [0.3, 0.4) is 0 Å². The molecule has 0 bridgehead atoms. The summed E-state index contributed by atoms with van der Waals surface area (Å²) < 4.78 is 0. The Kier molecular flexibility index (Phi) is 19.5. The summed E-state index contributed by atoms with van der Waals surface area (Å²) in [5, 5.41) is 5.89. The highest BCUT2D eigenvalue weighted by Crippen LogP contribution is 2.12. The Hall–Kier alpha value is -1.32. The van der Waals surface area contributed by atoms with E-state index < -0.39 is 0 Å². The molecule has 0 aliphatic heterocycles. The van der Waals surface area contributed by atoms with Gasteiger partial charge in [-0.05, 0) is 25.7 Å². The van der Waals surface area contributed by atoms with E-state index in [0.717, 1.165) is 38.5 Å². The maximum atomic E-state index is 12.4. The lowest BCUT2D eigenvalue weighted by atomic mass is 10.0. The van der Waals surface area contributed by atoms with E-state index in [9.17, 15) is 9.59 Å². The van der Waals surface area contributed by atoms with Crippen molar-refractivity contribution >= 4 is 11.8 Å². The lowest BCUT2D eigenvalue weighted by molar-refractivity contribution is -0.128. The summed E-state index contributed by atoms with van der Waals surface area (Å²) in [6, 6.07) is 0. The molecule has 0 spiro atoms. The van der Waals surface area contributed by atoms with Gasteiger partial charge in [0.2, 0.25) is 11.8 Å². The molecule has 0 saturated heterocycles. The van der Waals surface area contributed by atoms with Crippen molar-refractivity contribution in [1.29, 1.82) is 0 Å². The van der Waals surface area contributed by atoms with Crippen molar-refractivity contribution in [3.05, 3.63) is 12.2 Å². The Morgan fingerprint density at radius 2 is 1.25 bits per heavy atom. The fraction of sp³-hybridized carbons (Fsp3) is 0.833. The molecule has 0 aromatic heterocycles. The third-order valence-corrected chi connectivity index (χ3v) is 5.02. The first kappa shape index (κ1) is 26.7. The van der Waals surface area contributed by atoms with Gasteiger partial charge in [0.25, 0.3) is 0 Å². The van der Waals surface area contributed by atoms with E-state index in [1.807, 2.05) is 6.08 Å². The van der Waals surface area contributed by atoms with E-state index in [4.69, 9.17) is 0 Å². The summed E-state index contributed by atoms with van der Waals surface area (Å²) in [6.45, 7) is 7.84. The maximum Gasteiger partial charge on any atom is 0.227 e. The second kappa shape index (κ2) is 20.4. The number of hydrogen-bond donors (Lipinski definition) is 2. The lowest BCUT2D eigenvalue weighted by Crippen LogP contribution is -2.34. The van der Waals surface area contributed by atoms with Crippen LogP contribution in [0.4, 0.5) is 0 Å². The summed E-state index contributed by atoms with van der Waals surface area (Å²) in [5.41, 5.74) is 0. The number of carbonyl (C=O) groups excluding carboxylic acids is 2. The van der Waals surface area contributed by atoms with Crippen molar-refractivity contribution in [3.8, 4) is 0 Å². The van der Waals surface area contributed by atoms with E-state index >= 15 is 0 Å². The zero-order chi connectivity index (χ0) is 20.9. The van der Waals surface area contributed by atoms with Crippen molar-refractivity contribution in [2.24, 2.45) is 5.92 Å². The SMILES string of the molecule is CCCCCCCCCC/C=C/C(CC(=O)NCCCC)C(=O)NCCCC.